The molecule has 1 aromatic heterocycles. The van der Waals surface area contributed by atoms with Crippen LogP contribution in [0.3, 0.4) is 0 Å². The average molecular weight is 267 g/mol. The second-order valence-corrected chi connectivity index (χ2v) is 4.27. The molecule has 2 N–H and O–H groups in total. The van der Waals surface area contributed by atoms with Crippen molar-refractivity contribution in [2.24, 2.45) is 0 Å². The van der Waals surface area contributed by atoms with Gasteiger partial charge in [-0.1, -0.05) is 30.3 Å². The van der Waals surface area contributed by atoms with E-state index in [-0.39, 0.29) is 12.5 Å². The molecule has 0 radical (unpaired) electrons. The Kier molecular flexibility index (Phi) is 3.33. The number of benzene rings is 2. The number of H-pyrrole nitrogens is 1. The predicted octanol–water partition coefficient (Wildman–Crippen LogP) is 2.58. The van der Waals surface area contributed by atoms with Crippen molar-refractivity contribution in [2.75, 3.05) is 11.9 Å². The SMILES string of the molecule is O=C(COc1ccccc1)Nc1n[nH]c2ccccc12. The molecule has 2 aromatic carbocycles. The Hall–Kier alpha value is -2.82. The van der Waals surface area contributed by atoms with Crippen molar-refractivity contribution >= 4 is 22.6 Å². The first-order chi connectivity index (χ1) is 9.83. The van der Waals surface area contributed by atoms with Gasteiger partial charge in [-0.15, -0.1) is 0 Å². The number of anilines is 1. The maximum atomic E-state index is 11.8. The van der Waals surface area contributed by atoms with E-state index in [0.29, 0.717) is 11.6 Å². The maximum Gasteiger partial charge on any atom is 0.263 e. The Bertz CT molecular complexity index is 722. The molecule has 20 heavy (non-hydrogen) atoms. The predicted molar refractivity (Wildman–Crippen MR) is 76.7 cm³/mol. The number of para-hydroxylation sites is 2. The first-order valence-corrected chi connectivity index (χ1v) is 6.24. The summed E-state index contributed by atoms with van der Waals surface area (Å²) in [4.78, 5) is 11.8. The molecule has 3 rings (SSSR count). The number of carbonyl (C=O) groups excluding carboxylic acids is 1. The van der Waals surface area contributed by atoms with Crippen LogP contribution in [0.1, 0.15) is 0 Å². The monoisotopic (exact) mass is 267 g/mol. The van der Waals surface area contributed by atoms with E-state index in [2.05, 4.69) is 15.5 Å². The maximum absolute atomic E-state index is 11.8. The first kappa shape index (κ1) is 12.2. The zero-order valence-electron chi connectivity index (χ0n) is 10.7. The number of nitrogens with zero attached hydrogens (tertiary/aromatic N) is 1. The minimum absolute atomic E-state index is 0.0504. The van der Waals surface area contributed by atoms with Gasteiger partial charge in [-0.05, 0) is 24.3 Å². The van der Waals surface area contributed by atoms with Gasteiger partial charge in [-0.25, -0.2) is 0 Å². The van der Waals surface area contributed by atoms with Crippen LogP contribution in [-0.2, 0) is 4.79 Å². The number of ether oxygens (including phenoxy) is 1. The summed E-state index contributed by atoms with van der Waals surface area (Å²) in [6.07, 6.45) is 0. The number of rotatable bonds is 4. The molecule has 0 aliphatic heterocycles. The van der Waals surface area contributed by atoms with Crippen LogP contribution in [0.4, 0.5) is 5.82 Å². The third-order valence-corrected chi connectivity index (χ3v) is 2.84. The molecule has 0 bridgehead atoms. The van der Waals surface area contributed by atoms with Crippen LogP contribution in [0.5, 0.6) is 5.75 Å². The number of hydrogen-bond donors (Lipinski definition) is 2. The minimum Gasteiger partial charge on any atom is -0.484 e. The number of aromatic amines is 1. The van der Waals surface area contributed by atoms with Crippen LogP contribution in [0, 0.1) is 0 Å². The van der Waals surface area contributed by atoms with E-state index in [9.17, 15) is 4.79 Å². The number of amides is 1. The number of carbonyl (C=O) groups is 1. The molecule has 1 amide bonds. The van der Waals surface area contributed by atoms with Gasteiger partial charge in [0.2, 0.25) is 0 Å². The van der Waals surface area contributed by atoms with Crippen molar-refractivity contribution < 1.29 is 9.53 Å². The number of nitrogens with one attached hydrogen (secondary N) is 2. The highest BCUT2D eigenvalue weighted by atomic mass is 16.5. The molecule has 0 unspecified atom stereocenters. The molecule has 0 saturated heterocycles. The third kappa shape index (κ3) is 2.61. The molecule has 0 atom stereocenters. The van der Waals surface area contributed by atoms with Crippen LogP contribution in [0.15, 0.2) is 54.6 Å². The highest BCUT2D eigenvalue weighted by Gasteiger charge is 2.09. The second-order valence-electron chi connectivity index (χ2n) is 4.27. The van der Waals surface area contributed by atoms with Crippen LogP contribution in [0.25, 0.3) is 10.9 Å². The van der Waals surface area contributed by atoms with Crippen molar-refractivity contribution in [3.63, 3.8) is 0 Å². The fraction of sp³-hybridized carbons (Fsp3) is 0.0667. The molecule has 0 saturated carbocycles. The zero-order chi connectivity index (χ0) is 13.8. The van der Waals surface area contributed by atoms with Crippen LogP contribution in [-0.4, -0.2) is 22.7 Å². The highest BCUT2D eigenvalue weighted by Crippen LogP contribution is 2.19. The lowest BCUT2D eigenvalue weighted by Gasteiger charge is -2.05. The molecule has 0 spiro atoms. The topological polar surface area (TPSA) is 67.0 Å². The van der Waals surface area contributed by atoms with Crippen molar-refractivity contribution in [2.45, 2.75) is 0 Å². The van der Waals surface area contributed by atoms with Crippen molar-refractivity contribution in [1.82, 2.24) is 10.2 Å². The van der Waals surface area contributed by atoms with Gasteiger partial charge in [0.25, 0.3) is 5.91 Å². The fourth-order valence-corrected chi connectivity index (χ4v) is 1.89. The highest BCUT2D eigenvalue weighted by molar-refractivity contribution is 6.00. The van der Waals surface area contributed by atoms with E-state index in [1.165, 1.54) is 0 Å². The fourth-order valence-electron chi connectivity index (χ4n) is 1.89. The number of fused-ring (bicyclic) bond motifs is 1. The van der Waals surface area contributed by atoms with Gasteiger partial charge in [0.05, 0.1) is 5.52 Å². The summed E-state index contributed by atoms with van der Waals surface area (Å²) >= 11 is 0. The molecule has 0 aliphatic rings. The first-order valence-electron chi connectivity index (χ1n) is 6.24. The Balaban J connectivity index is 1.64. The molecular weight excluding hydrogens is 254 g/mol. The van der Waals surface area contributed by atoms with Gasteiger partial charge in [0, 0.05) is 5.39 Å². The Morgan fingerprint density at radius 2 is 1.85 bits per heavy atom. The van der Waals surface area contributed by atoms with Crippen molar-refractivity contribution in [1.29, 1.82) is 0 Å². The number of hydrogen-bond acceptors (Lipinski definition) is 3. The lowest BCUT2D eigenvalue weighted by Crippen LogP contribution is -2.20. The van der Waals surface area contributed by atoms with Gasteiger partial charge in [0.15, 0.2) is 12.4 Å². The van der Waals surface area contributed by atoms with Crippen LogP contribution < -0.4 is 10.1 Å². The van der Waals surface area contributed by atoms with E-state index in [1.807, 2.05) is 42.5 Å². The molecule has 0 fully saturated rings. The average Bonchev–Trinajstić information content (AvgIpc) is 2.90. The van der Waals surface area contributed by atoms with Gasteiger partial charge >= 0.3 is 0 Å². The quantitative estimate of drug-likeness (QED) is 0.763. The van der Waals surface area contributed by atoms with E-state index >= 15 is 0 Å². The summed E-state index contributed by atoms with van der Waals surface area (Å²) in [6.45, 7) is -0.0504. The summed E-state index contributed by atoms with van der Waals surface area (Å²) in [5, 5.41) is 10.5. The molecule has 1 heterocycles. The number of aromatic nitrogens is 2. The van der Waals surface area contributed by atoms with E-state index in [0.717, 1.165) is 10.9 Å². The Morgan fingerprint density at radius 3 is 2.70 bits per heavy atom. The summed E-state index contributed by atoms with van der Waals surface area (Å²) < 4.78 is 5.38. The van der Waals surface area contributed by atoms with E-state index in [1.54, 1.807) is 12.1 Å². The lowest BCUT2D eigenvalue weighted by atomic mass is 10.2. The molecule has 3 aromatic rings. The van der Waals surface area contributed by atoms with Crippen molar-refractivity contribution in [3.05, 3.63) is 54.6 Å². The van der Waals surface area contributed by atoms with Gasteiger partial charge < -0.3 is 10.1 Å². The Labute approximate surface area is 115 Å². The Morgan fingerprint density at radius 1 is 1.10 bits per heavy atom. The zero-order valence-corrected chi connectivity index (χ0v) is 10.7. The summed E-state index contributed by atoms with van der Waals surface area (Å²) in [5.41, 5.74) is 0.881. The van der Waals surface area contributed by atoms with Crippen LogP contribution >= 0.6 is 0 Å². The molecular formula is C15H13N3O2. The smallest absolute Gasteiger partial charge is 0.263 e. The summed E-state index contributed by atoms with van der Waals surface area (Å²) in [7, 11) is 0. The molecule has 5 heteroatoms. The van der Waals surface area contributed by atoms with Crippen LogP contribution in [0.2, 0.25) is 0 Å². The summed E-state index contributed by atoms with van der Waals surface area (Å²) in [6, 6.07) is 16.8. The van der Waals surface area contributed by atoms with E-state index in [4.69, 9.17) is 4.74 Å². The minimum atomic E-state index is -0.244. The third-order valence-electron chi connectivity index (χ3n) is 2.84. The second kappa shape index (κ2) is 5.44. The van der Waals surface area contributed by atoms with Crippen molar-refractivity contribution in [3.8, 4) is 5.75 Å². The van der Waals surface area contributed by atoms with Gasteiger partial charge in [-0.2, -0.15) is 5.10 Å². The lowest BCUT2D eigenvalue weighted by molar-refractivity contribution is -0.118. The normalized spacial score (nSPS) is 10.4. The standard InChI is InChI=1S/C15H13N3O2/c19-14(10-20-11-6-2-1-3-7-11)16-15-12-8-4-5-9-13(12)17-18-15/h1-9H,10H2,(H2,16,17,18,19). The largest absolute Gasteiger partial charge is 0.484 e. The van der Waals surface area contributed by atoms with E-state index < -0.39 is 0 Å². The van der Waals surface area contributed by atoms with Gasteiger partial charge in [-0.3, -0.25) is 9.89 Å². The molecule has 5 nitrogen and oxygen atoms in total. The summed E-state index contributed by atoms with van der Waals surface area (Å²) in [5.74, 6) is 0.933. The molecule has 100 valence electrons. The molecule has 0 aliphatic carbocycles. The van der Waals surface area contributed by atoms with Gasteiger partial charge in [0.1, 0.15) is 5.75 Å².